The van der Waals surface area contributed by atoms with Crippen molar-refractivity contribution in [1.29, 1.82) is 0 Å². The van der Waals surface area contributed by atoms with E-state index < -0.39 is 11.9 Å². The number of rotatable bonds is 5. The lowest BCUT2D eigenvalue weighted by Crippen LogP contribution is -2.46. The van der Waals surface area contributed by atoms with Crippen LogP contribution in [0.15, 0.2) is 58.3 Å². The number of piperazine rings is 1. The van der Waals surface area contributed by atoms with Gasteiger partial charge in [0.25, 0.3) is 0 Å². The average molecular weight is 505 g/mol. The highest BCUT2D eigenvalue weighted by atomic mass is 32.2. The summed E-state index contributed by atoms with van der Waals surface area (Å²) in [6.07, 6.45) is 2.15. The predicted octanol–water partition coefficient (Wildman–Crippen LogP) is 2.59. The summed E-state index contributed by atoms with van der Waals surface area (Å²) in [5, 5.41) is 15.6. The van der Waals surface area contributed by atoms with Gasteiger partial charge >= 0.3 is 11.9 Å². The van der Waals surface area contributed by atoms with Crippen molar-refractivity contribution in [1.82, 2.24) is 9.80 Å². The van der Waals surface area contributed by atoms with Crippen molar-refractivity contribution in [3.05, 3.63) is 59.7 Å². The van der Waals surface area contributed by atoms with Crippen molar-refractivity contribution in [2.75, 3.05) is 47.4 Å². The normalized spacial score (nSPS) is 17.6. The zero-order valence-corrected chi connectivity index (χ0v) is 20.9. The fraction of sp³-hybridized carbons (Fsp3) is 0.360. The lowest BCUT2D eigenvalue weighted by atomic mass is 9.96. The van der Waals surface area contributed by atoms with Crippen LogP contribution in [-0.4, -0.2) is 84.9 Å². The number of methoxy groups -OCH3 is 2. The number of carboxylic acid groups (broad SMARTS) is 2. The van der Waals surface area contributed by atoms with Gasteiger partial charge in [0.15, 0.2) is 0 Å². The molecule has 0 bridgehead atoms. The SMILES string of the molecule is COc1ccc2c(c1)Sc1cc(OC)ccc1C(N1CCN(C)CC1)C2.O.O=C(O)/C=C\C(=O)O. The molecule has 0 aromatic heterocycles. The van der Waals surface area contributed by atoms with E-state index in [1.165, 1.54) is 20.9 Å². The second kappa shape index (κ2) is 13.1. The first-order chi connectivity index (χ1) is 16.3. The third kappa shape index (κ3) is 7.72. The topological polar surface area (TPSA) is 131 Å². The van der Waals surface area contributed by atoms with E-state index in [1.807, 2.05) is 11.8 Å². The highest BCUT2D eigenvalue weighted by Gasteiger charge is 2.29. The molecule has 1 unspecified atom stereocenters. The van der Waals surface area contributed by atoms with Crippen molar-refractivity contribution < 1.29 is 34.8 Å². The fourth-order valence-electron chi connectivity index (χ4n) is 3.97. The summed E-state index contributed by atoms with van der Waals surface area (Å²) in [5.41, 5.74) is 2.81. The van der Waals surface area contributed by atoms with Gasteiger partial charge in [0, 0.05) is 54.2 Å². The van der Waals surface area contributed by atoms with Crippen LogP contribution in [0, 0.1) is 0 Å². The maximum Gasteiger partial charge on any atom is 0.328 e. The first-order valence-electron chi connectivity index (χ1n) is 10.9. The number of carboxylic acids is 2. The minimum Gasteiger partial charge on any atom is -0.497 e. The Bertz CT molecular complexity index is 1040. The van der Waals surface area contributed by atoms with Gasteiger partial charge in [0.1, 0.15) is 11.5 Å². The molecule has 0 radical (unpaired) electrons. The number of nitrogens with zero attached hydrogens (tertiary/aromatic N) is 2. The van der Waals surface area contributed by atoms with Gasteiger partial charge in [-0.1, -0.05) is 23.9 Å². The molecule has 0 aliphatic carbocycles. The van der Waals surface area contributed by atoms with Crippen LogP contribution < -0.4 is 9.47 Å². The zero-order chi connectivity index (χ0) is 24.7. The monoisotopic (exact) mass is 504 g/mol. The molecule has 4 rings (SSSR count). The van der Waals surface area contributed by atoms with E-state index in [1.54, 1.807) is 14.2 Å². The lowest BCUT2D eigenvalue weighted by Gasteiger charge is -2.38. The Hall–Kier alpha value is -3.05. The van der Waals surface area contributed by atoms with Crippen LogP contribution in [0.2, 0.25) is 0 Å². The van der Waals surface area contributed by atoms with Gasteiger partial charge in [0.2, 0.25) is 0 Å². The van der Waals surface area contributed by atoms with Crippen LogP contribution in [0.3, 0.4) is 0 Å². The molecule has 9 nitrogen and oxygen atoms in total. The second-order valence-electron chi connectivity index (χ2n) is 8.05. The largest absolute Gasteiger partial charge is 0.497 e. The van der Waals surface area contributed by atoms with Crippen molar-refractivity contribution >= 4 is 23.7 Å². The minimum atomic E-state index is -1.26. The standard InChI is InChI=1S/C21H26N2O2S.C4H4O4.H2O/c1-22-8-10-23(11-9-22)19-12-15-4-5-16(24-2)13-20(15)26-21-14-17(25-3)6-7-18(19)21;5-3(6)1-2-4(7)8;/h4-7,13-14,19H,8-12H2,1-3H3;1-2H,(H,5,6)(H,7,8);1H2/b;2-1-;. The van der Waals surface area contributed by atoms with E-state index in [9.17, 15) is 9.59 Å². The van der Waals surface area contributed by atoms with Gasteiger partial charge in [-0.15, -0.1) is 0 Å². The van der Waals surface area contributed by atoms with Gasteiger partial charge in [-0.2, -0.15) is 0 Å². The molecule has 2 aliphatic heterocycles. The first-order valence-corrected chi connectivity index (χ1v) is 11.7. The van der Waals surface area contributed by atoms with E-state index in [0.29, 0.717) is 18.2 Å². The summed E-state index contributed by atoms with van der Waals surface area (Å²) in [4.78, 5) is 26.7. The molecule has 10 heteroatoms. The molecule has 2 heterocycles. The smallest absolute Gasteiger partial charge is 0.328 e. The number of likely N-dealkylation sites (N-methyl/N-ethyl adjacent to an activating group) is 1. The van der Waals surface area contributed by atoms with Crippen LogP contribution in [0.1, 0.15) is 17.2 Å². The summed E-state index contributed by atoms with van der Waals surface area (Å²) in [5.74, 6) is -0.682. The van der Waals surface area contributed by atoms with E-state index in [-0.39, 0.29) is 5.48 Å². The number of carbonyl (C=O) groups is 2. The number of benzene rings is 2. The molecule has 190 valence electrons. The molecule has 2 aromatic carbocycles. The molecular formula is C25H32N2O7S. The Morgan fingerprint density at radius 2 is 1.46 bits per heavy atom. The summed E-state index contributed by atoms with van der Waals surface area (Å²) in [6, 6.07) is 13.4. The minimum absolute atomic E-state index is 0. The lowest BCUT2D eigenvalue weighted by molar-refractivity contribution is -0.134. The Kier molecular flexibility index (Phi) is 10.6. The quantitative estimate of drug-likeness (QED) is 0.590. The molecule has 1 fully saturated rings. The van der Waals surface area contributed by atoms with E-state index in [0.717, 1.165) is 44.1 Å². The highest BCUT2D eigenvalue weighted by molar-refractivity contribution is 7.99. The molecule has 0 spiro atoms. The zero-order valence-electron chi connectivity index (χ0n) is 20.1. The van der Waals surface area contributed by atoms with E-state index in [2.05, 4.69) is 53.2 Å². The van der Waals surface area contributed by atoms with Crippen LogP contribution in [0.25, 0.3) is 0 Å². The Labute approximate surface area is 209 Å². The number of aliphatic carboxylic acids is 2. The molecule has 0 amide bonds. The first kappa shape index (κ1) is 28.2. The third-order valence-corrected chi connectivity index (χ3v) is 7.01. The van der Waals surface area contributed by atoms with Gasteiger partial charge in [-0.3, -0.25) is 4.90 Å². The van der Waals surface area contributed by atoms with Gasteiger partial charge in [-0.25, -0.2) is 9.59 Å². The molecule has 2 aromatic rings. The van der Waals surface area contributed by atoms with Crippen LogP contribution in [0.5, 0.6) is 11.5 Å². The Morgan fingerprint density at radius 3 is 2.00 bits per heavy atom. The average Bonchev–Trinajstić information content (AvgIpc) is 2.99. The molecule has 4 N–H and O–H groups in total. The second-order valence-corrected chi connectivity index (χ2v) is 9.13. The van der Waals surface area contributed by atoms with Crippen LogP contribution >= 0.6 is 11.8 Å². The van der Waals surface area contributed by atoms with Crippen molar-refractivity contribution in [2.24, 2.45) is 0 Å². The summed E-state index contributed by atoms with van der Waals surface area (Å²) < 4.78 is 10.9. The number of ether oxygens (including phenoxy) is 2. The van der Waals surface area contributed by atoms with Crippen molar-refractivity contribution in [2.45, 2.75) is 22.3 Å². The fourth-order valence-corrected chi connectivity index (χ4v) is 5.16. The van der Waals surface area contributed by atoms with Crippen LogP contribution in [0.4, 0.5) is 0 Å². The maximum absolute atomic E-state index is 9.55. The van der Waals surface area contributed by atoms with E-state index in [4.69, 9.17) is 19.7 Å². The molecule has 1 saturated heterocycles. The number of hydrogen-bond donors (Lipinski definition) is 2. The third-order valence-electron chi connectivity index (χ3n) is 5.83. The summed E-state index contributed by atoms with van der Waals surface area (Å²) >= 11 is 1.83. The predicted molar refractivity (Wildman–Crippen MR) is 134 cm³/mol. The Morgan fingerprint density at radius 1 is 0.914 bits per heavy atom. The van der Waals surface area contributed by atoms with Gasteiger partial charge in [-0.05, 0) is 48.9 Å². The maximum atomic E-state index is 9.55. The van der Waals surface area contributed by atoms with Crippen LogP contribution in [-0.2, 0) is 16.0 Å². The van der Waals surface area contributed by atoms with Crippen molar-refractivity contribution in [3.63, 3.8) is 0 Å². The molecule has 1 atom stereocenters. The molecular weight excluding hydrogens is 472 g/mol. The summed E-state index contributed by atoms with van der Waals surface area (Å²) in [7, 11) is 5.67. The highest BCUT2D eigenvalue weighted by Crippen LogP contribution is 2.45. The summed E-state index contributed by atoms with van der Waals surface area (Å²) in [6.45, 7) is 4.49. The molecule has 2 aliphatic rings. The molecule has 35 heavy (non-hydrogen) atoms. The van der Waals surface area contributed by atoms with Gasteiger partial charge in [0.05, 0.1) is 14.2 Å². The van der Waals surface area contributed by atoms with E-state index >= 15 is 0 Å². The van der Waals surface area contributed by atoms with Gasteiger partial charge < -0.3 is 30.1 Å². The van der Waals surface area contributed by atoms with Crippen molar-refractivity contribution in [3.8, 4) is 11.5 Å². The number of hydrogen-bond acceptors (Lipinski definition) is 7. The Balaban J connectivity index is 0.000000418. The molecule has 0 saturated carbocycles. The number of fused-ring (bicyclic) bond motifs is 2.